The summed E-state index contributed by atoms with van der Waals surface area (Å²) in [4.78, 5) is 74.7. The predicted octanol–water partition coefficient (Wildman–Crippen LogP) is 1.75. The summed E-state index contributed by atoms with van der Waals surface area (Å²) in [7, 11) is -15.5. The van der Waals surface area contributed by atoms with Crippen molar-refractivity contribution in [3.63, 3.8) is 0 Å². The first kappa shape index (κ1) is 37.8. The first-order chi connectivity index (χ1) is 21.0. The minimum absolute atomic E-state index is 0.116. The molecule has 0 radical (unpaired) electrons. The van der Waals surface area contributed by atoms with E-state index in [2.05, 4.69) is 18.1 Å². The SMILES string of the molecule is COc1ccc([N+](=O)[O-])c(C(OCc2cn([C@H]3C[C@H](O)[C@@H](COP(=O)(O)OP(=O)(O)OP(=O)(O)O)O3)c(=O)[nH]c2=O)C(C)(C)C)c1. The molecular formula is C22H32N3O18P3. The molecule has 1 fully saturated rings. The second kappa shape index (κ2) is 14.2. The average molecular weight is 719 g/mol. The topological polar surface area (TPSA) is 306 Å². The van der Waals surface area contributed by atoms with Gasteiger partial charge >= 0.3 is 29.2 Å². The Morgan fingerprint density at radius 2 is 1.78 bits per heavy atom. The number of phosphoric ester groups is 1. The van der Waals surface area contributed by atoms with Gasteiger partial charge in [0, 0.05) is 18.7 Å². The van der Waals surface area contributed by atoms with Gasteiger partial charge in [-0.3, -0.25) is 29.0 Å². The van der Waals surface area contributed by atoms with Crippen LogP contribution in [0.1, 0.15) is 50.7 Å². The van der Waals surface area contributed by atoms with Gasteiger partial charge in [-0.05, 0) is 17.5 Å². The molecule has 1 aliphatic heterocycles. The van der Waals surface area contributed by atoms with Crippen molar-refractivity contribution >= 4 is 29.2 Å². The molecule has 0 saturated carbocycles. The molecular weight excluding hydrogens is 687 g/mol. The van der Waals surface area contributed by atoms with Gasteiger partial charge in [0.2, 0.25) is 0 Å². The van der Waals surface area contributed by atoms with E-state index in [0.717, 1.165) is 10.8 Å². The summed E-state index contributed by atoms with van der Waals surface area (Å²) < 4.78 is 63.6. The number of ether oxygens (including phenoxy) is 3. The summed E-state index contributed by atoms with van der Waals surface area (Å²) >= 11 is 0. The number of phosphoric acid groups is 3. The van der Waals surface area contributed by atoms with Crippen LogP contribution in [0.5, 0.6) is 5.75 Å². The number of aliphatic hydroxyl groups is 1. The Kier molecular flexibility index (Phi) is 11.7. The van der Waals surface area contributed by atoms with Crippen LogP contribution in [0.3, 0.4) is 0 Å². The summed E-state index contributed by atoms with van der Waals surface area (Å²) in [6, 6.07) is 4.11. The molecule has 258 valence electrons. The van der Waals surface area contributed by atoms with Crippen LogP contribution in [0, 0.1) is 15.5 Å². The van der Waals surface area contributed by atoms with E-state index in [1.807, 2.05) is 0 Å². The number of hydrogen-bond donors (Lipinski definition) is 6. The number of methoxy groups -OCH3 is 1. The van der Waals surface area contributed by atoms with Crippen molar-refractivity contribution in [2.24, 2.45) is 5.41 Å². The van der Waals surface area contributed by atoms with Crippen molar-refractivity contribution in [2.75, 3.05) is 13.7 Å². The van der Waals surface area contributed by atoms with E-state index in [1.54, 1.807) is 20.8 Å². The zero-order valence-electron chi connectivity index (χ0n) is 24.5. The molecule has 1 saturated heterocycles. The van der Waals surface area contributed by atoms with E-state index in [-0.39, 0.29) is 23.2 Å². The zero-order valence-corrected chi connectivity index (χ0v) is 27.2. The smallest absolute Gasteiger partial charge is 0.490 e. The second-order valence-corrected chi connectivity index (χ2v) is 15.3. The minimum atomic E-state index is -5.78. The standard InChI is InChI=1S/C22H32N3O18P3/c1-22(2,3)19(14-7-13(38-4)5-6-15(14)25(29)30)39-10-12-9-24(21(28)23-20(12)27)18-8-16(26)17(41-18)11-40-45(34,35)43-46(36,37)42-44(31,32)33/h5-7,9,16-19,26H,8,10-11H2,1-4H3,(H,34,35)(H,36,37)(H,23,27,28)(H2,31,32,33)/t16-,17+,18+,19?/m0/s1. The number of H-pyrrole nitrogens is 1. The molecule has 2 aromatic rings. The number of hydrogen-bond acceptors (Lipinski definition) is 14. The van der Waals surface area contributed by atoms with Crippen LogP contribution in [-0.4, -0.2) is 65.1 Å². The summed E-state index contributed by atoms with van der Waals surface area (Å²) in [6.45, 7) is 3.83. The number of nitro benzene ring substituents is 1. The molecule has 1 aromatic heterocycles. The van der Waals surface area contributed by atoms with Crippen molar-refractivity contribution in [3.05, 3.63) is 66.5 Å². The fourth-order valence-electron chi connectivity index (χ4n) is 4.37. The molecule has 0 spiro atoms. The molecule has 21 nitrogen and oxygen atoms in total. The highest BCUT2D eigenvalue weighted by atomic mass is 31.3. The lowest BCUT2D eigenvalue weighted by molar-refractivity contribution is -0.386. The molecule has 24 heteroatoms. The average Bonchev–Trinajstić information content (AvgIpc) is 3.25. The quantitative estimate of drug-likeness (QED) is 0.0920. The number of aromatic nitrogens is 2. The fourth-order valence-corrected chi connectivity index (χ4v) is 7.40. The van der Waals surface area contributed by atoms with Gasteiger partial charge in [0.25, 0.3) is 11.2 Å². The van der Waals surface area contributed by atoms with E-state index >= 15 is 0 Å². The number of nitro groups is 1. The maximum atomic E-state index is 12.7. The highest BCUT2D eigenvalue weighted by molar-refractivity contribution is 7.66. The van der Waals surface area contributed by atoms with Gasteiger partial charge in [-0.25, -0.2) is 18.5 Å². The van der Waals surface area contributed by atoms with Gasteiger partial charge in [-0.2, -0.15) is 8.62 Å². The maximum Gasteiger partial charge on any atom is 0.490 e. The highest BCUT2D eigenvalue weighted by Crippen LogP contribution is 2.66. The summed E-state index contributed by atoms with van der Waals surface area (Å²) in [5, 5.41) is 22.2. The first-order valence-corrected chi connectivity index (χ1v) is 17.4. The van der Waals surface area contributed by atoms with Crippen molar-refractivity contribution < 1.29 is 70.7 Å². The molecule has 46 heavy (non-hydrogen) atoms. The van der Waals surface area contributed by atoms with Crippen molar-refractivity contribution in [1.29, 1.82) is 0 Å². The number of benzene rings is 1. The van der Waals surface area contributed by atoms with Crippen LogP contribution >= 0.6 is 23.5 Å². The van der Waals surface area contributed by atoms with Crippen LogP contribution in [0.2, 0.25) is 0 Å². The van der Waals surface area contributed by atoms with E-state index in [4.69, 9.17) is 24.0 Å². The molecule has 1 aromatic carbocycles. The summed E-state index contributed by atoms with van der Waals surface area (Å²) in [6.07, 6.45) is -4.40. The Morgan fingerprint density at radius 1 is 1.13 bits per heavy atom. The third-order valence-electron chi connectivity index (χ3n) is 6.28. The Balaban J connectivity index is 1.79. The maximum absolute atomic E-state index is 12.7. The van der Waals surface area contributed by atoms with E-state index in [0.29, 0.717) is 5.75 Å². The van der Waals surface area contributed by atoms with E-state index in [1.165, 1.54) is 25.3 Å². The first-order valence-electron chi connectivity index (χ1n) is 12.9. The van der Waals surface area contributed by atoms with Gasteiger partial charge < -0.3 is 38.9 Å². The van der Waals surface area contributed by atoms with Gasteiger partial charge in [-0.15, -0.1) is 0 Å². The van der Waals surface area contributed by atoms with Crippen LogP contribution < -0.4 is 16.0 Å². The van der Waals surface area contributed by atoms with Crippen LogP contribution in [0.15, 0.2) is 34.0 Å². The number of nitrogens with zero attached hydrogens (tertiary/aromatic N) is 2. The molecule has 1 aliphatic rings. The third-order valence-corrected chi connectivity index (χ3v) is 10.1. The predicted molar refractivity (Wildman–Crippen MR) is 152 cm³/mol. The fraction of sp³-hybridized carbons (Fsp3) is 0.545. The molecule has 0 bridgehead atoms. The van der Waals surface area contributed by atoms with Crippen molar-refractivity contribution in [3.8, 4) is 5.75 Å². The van der Waals surface area contributed by atoms with Gasteiger partial charge in [0.05, 0.1) is 48.6 Å². The van der Waals surface area contributed by atoms with E-state index in [9.17, 15) is 48.3 Å². The van der Waals surface area contributed by atoms with Crippen LogP contribution in [0.4, 0.5) is 5.69 Å². The van der Waals surface area contributed by atoms with Crippen molar-refractivity contribution in [2.45, 2.75) is 58.3 Å². The number of nitrogens with one attached hydrogen (secondary N) is 1. The van der Waals surface area contributed by atoms with Gasteiger partial charge in [0.1, 0.15) is 18.1 Å². The second-order valence-electron chi connectivity index (χ2n) is 10.9. The van der Waals surface area contributed by atoms with E-state index < -0.39 is 82.8 Å². The van der Waals surface area contributed by atoms with Gasteiger partial charge in [-0.1, -0.05) is 20.8 Å². The lowest BCUT2D eigenvalue weighted by Gasteiger charge is -2.31. The Bertz CT molecular complexity index is 1700. The molecule has 6 N–H and O–H groups in total. The molecule has 6 atom stereocenters. The molecule has 0 aliphatic carbocycles. The van der Waals surface area contributed by atoms with Crippen LogP contribution in [-0.2, 0) is 42.9 Å². The monoisotopic (exact) mass is 719 g/mol. The highest BCUT2D eigenvalue weighted by Gasteiger charge is 2.43. The van der Waals surface area contributed by atoms with Gasteiger partial charge in [0.15, 0.2) is 0 Å². The molecule has 3 unspecified atom stereocenters. The molecule has 2 heterocycles. The molecule has 0 amide bonds. The Morgan fingerprint density at radius 3 is 2.35 bits per heavy atom. The Labute approximate surface area is 259 Å². The van der Waals surface area contributed by atoms with Crippen LogP contribution in [0.25, 0.3) is 0 Å². The summed E-state index contributed by atoms with van der Waals surface area (Å²) in [5.41, 5.74) is -2.77. The normalized spacial score (nSPS) is 22.2. The largest absolute Gasteiger partial charge is 0.497 e. The lowest BCUT2D eigenvalue weighted by atomic mass is 9.83. The number of aliphatic hydroxyl groups excluding tert-OH is 1. The summed E-state index contributed by atoms with van der Waals surface area (Å²) in [5.74, 6) is 0.323. The lowest BCUT2D eigenvalue weighted by Crippen LogP contribution is -2.35. The minimum Gasteiger partial charge on any atom is -0.497 e. The zero-order chi connectivity index (χ0) is 34.8. The number of aromatic amines is 1. The Hall–Kier alpha value is -2.61. The van der Waals surface area contributed by atoms with Crippen molar-refractivity contribution in [1.82, 2.24) is 9.55 Å². The third kappa shape index (κ3) is 10.2. The molecule has 3 rings (SSSR count). The number of rotatable bonds is 14.